The second kappa shape index (κ2) is 7.27. The summed E-state index contributed by atoms with van der Waals surface area (Å²) in [5.41, 5.74) is 11.0. The number of rotatable bonds is 5. The molecule has 2 heteroatoms. The van der Waals surface area contributed by atoms with Crippen molar-refractivity contribution in [3.05, 3.63) is 78.5 Å². The maximum atomic E-state index is 6.50. The average Bonchev–Trinajstić information content (AvgIpc) is 2.71. The summed E-state index contributed by atoms with van der Waals surface area (Å²) in [7, 11) is 0. The minimum absolute atomic E-state index is 0.0271. The molecule has 0 aliphatic rings. The van der Waals surface area contributed by atoms with Gasteiger partial charge in [-0.05, 0) is 29.0 Å². The Morgan fingerprint density at radius 2 is 1.65 bits per heavy atom. The fraction of sp³-hybridized carbons (Fsp3) is 0.208. The lowest BCUT2D eigenvalue weighted by Gasteiger charge is -2.16. The molecule has 0 radical (unpaired) electrons. The van der Waals surface area contributed by atoms with E-state index in [4.69, 9.17) is 10.7 Å². The van der Waals surface area contributed by atoms with Gasteiger partial charge in [-0.3, -0.25) is 4.98 Å². The predicted molar refractivity (Wildman–Crippen MR) is 111 cm³/mol. The maximum Gasteiger partial charge on any atom is 0.0790 e. The maximum absolute atomic E-state index is 6.50. The Kier molecular flexibility index (Phi) is 4.68. The van der Waals surface area contributed by atoms with E-state index >= 15 is 0 Å². The molecule has 3 aromatic carbocycles. The largest absolute Gasteiger partial charge is 0.323 e. The molecule has 0 bridgehead atoms. The molecule has 2 N–H and O–H groups in total. The molecule has 2 nitrogen and oxygen atoms in total. The molecule has 0 aliphatic heterocycles. The van der Waals surface area contributed by atoms with Crippen LogP contribution in [0.3, 0.4) is 0 Å². The molecular formula is C24H24N2. The van der Waals surface area contributed by atoms with Crippen molar-refractivity contribution in [2.45, 2.75) is 32.2 Å². The molecular weight excluding hydrogens is 316 g/mol. The van der Waals surface area contributed by atoms with E-state index in [1.807, 2.05) is 0 Å². The van der Waals surface area contributed by atoms with Crippen LogP contribution < -0.4 is 5.73 Å². The van der Waals surface area contributed by atoms with Gasteiger partial charge in [-0.1, -0.05) is 86.5 Å². The monoisotopic (exact) mass is 340 g/mol. The van der Waals surface area contributed by atoms with E-state index in [0.717, 1.165) is 30.5 Å². The number of nitrogens with zero attached hydrogens (tertiary/aromatic N) is 1. The minimum atomic E-state index is -0.0271. The third-order valence-corrected chi connectivity index (χ3v) is 5.06. The first-order valence-corrected chi connectivity index (χ1v) is 9.41. The first-order valence-electron chi connectivity index (χ1n) is 9.41. The summed E-state index contributed by atoms with van der Waals surface area (Å²) in [4.78, 5) is 5.02. The SMILES string of the molecule is CCCCC(N)c1cc(-c2ccccc2)c2ccc3ccccc3c2n1. The Labute approximate surface area is 154 Å². The highest BCUT2D eigenvalue weighted by Gasteiger charge is 2.14. The van der Waals surface area contributed by atoms with E-state index in [-0.39, 0.29) is 6.04 Å². The predicted octanol–water partition coefficient (Wildman–Crippen LogP) is 6.25. The van der Waals surface area contributed by atoms with Gasteiger partial charge in [0.25, 0.3) is 0 Å². The van der Waals surface area contributed by atoms with Crippen molar-refractivity contribution < 1.29 is 0 Å². The van der Waals surface area contributed by atoms with Crippen molar-refractivity contribution in [2.24, 2.45) is 5.73 Å². The van der Waals surface area contributed by atoms with Crippen LogP contribution in [0.15, 0.2) is 72.8 Å². The Bertz CT molecular complexity index is 1040. The van der Waals surface area contributed by atoms with Crippen molar-refractivity contribution in [2.75, 3.05) is 0 Å². The number of hydrogen-bond acceptors (Lipinski definition) is 2. The molecule has 4 aromatic rings. The topological polar surface area (TPSA) is 38.9 Å². The van der Waals surface area contributed by atoms with Crippen LogP contribution in [-0.2, 0) is 0 Å². The molecule has 0 spiro atoms. The van der Waals surface area contributed by atoms with Crippen LogP contribution in [0.1, 0.15) is 37.9 Å². The number of pyridine rings is 1. The van der Waals surface area contributed by atoms with Crippen molar-refractivity contribution in [3.8, 4) is 11.1 Å². The Morgan fingerprint density at radius 1 is 0.885 bits per heavy atom. The molecule has 26 heavy (non-hydrogen) atoms. The van der Waals surface area contributed by atoms with Crippen molar-refractivity contribution in [1.82, 2.24) is 4.98 Å². The van der Waals surface area contributed by atoms with Gasteiger partial charge in [-0.15, -0.1) is 0 Å². The minimum Gasteiger partial charge on any atom is -0.323 e. The summed E-state index contributed by atoms with van der Waals surface area (Å²) in [5, 5.41) is 3.58. The van der Waals surface area contributed by atoms with E-state index in [1.165, 1.54) is 27.3 Å². The van der Waals surface area contributed by atoms with Crippen LogP contribution in [-0.4, -0.2) is 4.98 Å². The van der Waals surface area contributed by atoms with E-state index in [1.54, 1.807) is 0 Å². The van der Waals surface area contributed by atoms with E-state index in [9.17, 15) is 0 Å². The molecule has 130 valence electrons. The highest BCUT2D eigenvalue weighted by atomic mass is 14.8. The summed E-state index contributed by atoms with van der Waals surface area (Å²) in [5.74, 6) is 0. The van der Waals surface area contributed by atoms with Crippen molar-refractivity contribution in [1.29, 1.82) is 0 Å². The third-order valence-electron chi connectivity index (χ3n) is 5.06. The van der Waals surface area contributed by atoms with Gasteiger partial charge in [-0.25, -0.2) is 0 Å². The third kappa shape index (κ3) is 3.09. The van der Waals surface area contributed by atoms with E-state index in [2.05, 4.69) is 79.7 Å². The Balaban J connectivity index is 2.00. The standard InChI is InChI=1S/C24H24N2/c1-2-3-13-22(25)23-16-21(17-9-5-4-6-10-17)20-15-14-18-11-7-8-12-19(18)24(20)26-23/h4-12,14-16,22H,2-3,13,25H2,1H3. The lowest BCUT2D eigenvalue weighted by atomic mass is 9.95. The molecule has 0 saturated carbocycles. The van der Waals surface area contributed by atoms with Crippen molar-refractivity contribution >= 4 is 21.7 Å². The van der Waals surface area contributed by atoms with E-state index < -0.39 is 0 Å². The van der Waals surface area contributed by atoms with Gasteiger partial charge in [0.05, 0.1) is 11.2 Å². The van der Waals surface area contributed by atoms with Crippen LogP contribution in [0, 0.1) is 0 Å². The van der Waals surface area contributed by atoms with Gasteiger partial charge in [0, 0.05) is 16.8 Å². The van der Waals surface area contributed by atoms with E-state index in [0.29, 0.717) is 0 Å². The zero-order valence-electron chi connectivity index (χ0n) is 15.2. The fourth-order valence-corrected chi connectivity index (χ4v) is 3.60. The Hall–Kier alpha value is -2.71. The molecule has 0 fully saturated rings. The van der Waals surface area contributed by atoms with Crippen molar-refractivity contribution in [3.63, 3.8) is 0 Å². The normalized spacial score (nSPS) is 12.5. The number of fused-ring (bicyclic) bond motifs is 3. The first kappa shape index (κ1) is 16.7. The molecule has 1 aromatic heterocycles. The average molecular weight is 340 g/mol. The molecule has 0 aliphatic carbocycles. The highest BCUT2D eigenvalue weighted by Crippen LogP contribution is 2.34. The van der Waals surface area contributed by atoms with Gasteiger partial charge < -0.3 is 5.73 Å². The quantitative estimate of drug-likeness (QED) is 0.436. The summed E-state index contributed by atoms with van der Waals surface area (Å²) in [6.07, 6.45) is 3.24. The van der Waals surface area contributed by atoms with Gasteiger partial charge >= 0.3 is 0 Å². The zero-order valence-corrected chi connectivity index (χ0v) is 15.2. The molecule has 0 amide bonds. The Morgan fingerprint density at radius 3 is 2.46 bits per heavy atom. The zero-order chi connectivity index (χ0) is 17.9. The van der Waals surface area contributed by atoms with Gasteiger partial charge in [0.15, 0.2) is 0 Å². The molecule has 4 rings (SSSR count). The fourth-order valence-electron chi connectivity index (χ4n) is 3.60. The van der Waals surface area contributed by atoms with Crippen LogP contribution in [0.4, 0.5) is 0 Å². The van der Waals surface area contributed by atoms with Gasteiger partial charge in [0.1, 0.15) is 0 Å². The number of hydrogen-bond donors (Lipinski definition) is 1. The second-order valence-electron chi connectivity index (χ2n) is 6.89. The van der Waals surface area contributed by atoms with Crippen LogP contribution in [0.2, 0.25) is 0 Å². The molecule has 1 atom stereocenters. The van der Waals surface area contributed by atoms with Gasteiger partial charge in [-0.2, -0.15) is 0 Å². The number of nitrogens with two attached hydrogens (primary N) is 1. The molecule has 0 saturated heterocycles. The highest BCUT2D eigenvalue weighted by molar-refractivity contribution is 6.10. The van der Waals surface area contributed by atoms with Gasteiger partial charge in [0.2, 0.25) is 0 Å². The lowest BCUT2D eigenvalue weighted by molar-refractivity contribution is 0.592. The summed E-state index contributed by atoms with van der Waals surface area (Å²) in [6.45, 7) is 2.20. The number of unbranched alkanes of at least 4 members (excludes halogenated alkanes) is 1. The molecule has 1 unspecified atom stereocenters. The van der Waals surface area contributed by atoms with Crippen LogP contribution in [0.5, 0.6) is 0 Å². The van der Waals surface area contributed by atoms with Crippen LogP contribution in [0.25, 0.3) is 32.8 Å². The number of aromatic nitrogens is 1. The first-order chi connectivity index (χ1) is 12.8. The number of benzene rings is 3. The summed E-state index contributed by atoms with van der Waals surface area (Å²) < 4.78 is 0. The molecule has 1 heterocycles. The smallest absolute Gasteiger partial charge is 0.0790 e. The second-order valence-corrected chi connectivity index (χ2v) is 6.89. The lowest BCUT2D eigenvalue weighted by Crippen LogP contribution is -2.12. The van der Waals surface area contributed by atoms with Crippen LogP contribution >= 0.6 is 0 Å². The summed E-state index contributed by atoms with van der Waals surface area (Å²) in [6, 6.07) is 25.5. The summed E-state index contributed by atoms with van der Waals surface area (Å²) >= 11 is 0.